The molecule has 0 aromatic rings. The number of nitrogens with one attached hydrogen (secondary N) is 1. The molecule has 0 aromatic heterocycles. The molecule has 30 heavy (non-hydrogen) atoms. The minimum atomic E-state index is -1.33. The number of aliphatic hydroxyl groups excluding tert-OH is 1. The Labute approximate surface area is 176 Å². The molecule has 1 heterocycles. The third kappa shape index (κ3) is 7.91. The predicted octanol–water partition coefficient (Wildman–Crippen LogP) is 0.975. The second kappa shape index (κ2) is 13.2. The Kier molecular flexibility index (Phi) is 11.3. The van der Waals surface area contributed by atoms with Crippen LogP contribution in [0.25, 0.3) is 0 Å². The number of rotatable bonds is 11. The van der Waals surface area contributed by atoms with Gasteiger partial charge in [0.2, 0.25) is 12.2 Å². The van der Waals surface area contributed by atoms with Crippen molar-refractivity contribution in [2.24, 2.45) is 0 Å². The van der Waals surface area contributed by atoms with Gasteiger partial charge in [0.15, 0.2) is 12.2 Å². The van der Waals surface area contributed by atoms with Crippen LogP contribution < -0.4 is 5.32 Å². The minimum Gasteiger partial charge on any atom is -0.456 e. The lowest BCUT2D eigenvalue weighted by atomic mass is 9.96. The van der Waals surface area contributed by atoms with E-state index in [1.165, 1.54) is 6.92 Å². The first kappa shape index (κ1) is 25.8. The van der Waals surface area contributed by atoms with Crippen LogP contribution in [-0.4, -0.2) is 66.2 Å². The summed E-state index contributed by atoms with van der Waals surface area (Å²) in [7, 11) is 0. The molecule has 0 radical (unpaired) electrons. The molecule has 10 heteroatoms. The van der Waals surface area contributed by atoms with Crippen molar-refractivity contribution in [3.63, 3.8) is 0 Å². The van der Waals surface area contributed by atoms with Crippen molar-refractivity contribution >= 4 is 23.8 Å². The largest absolute Gasteiger partial charge is 0.456 e. The molecule has 1 fully saturated rings. The number of hydrogen-bond donors (Lipinski definition) is 2. The summed E-state index contributed by atoms with van der Waals surface area (Å²) in [6.07, 6.45) is -2.92. The zero-order valence-corrected chi connectivity index (χ0v) is 18.0. The quantitative estimate of drug-likeness (QED) is 0.362. The summed E-state index contributed by atoms with van der Waals surface area (Å²) in [5.74, 6) is -2.21. The van der Waals surface area contributed by atoms with E-state index in [-0.39, 0.29) is 19.3 Å². The molecular weight excluding hydrogens is 398 g/mol. The van der Waals surface area contributed by atoms with Crippen molar-refractivity contribution in [1.29, 1.82) is 0 Å². The van der Waals surface area contributed by atoms with Crippen molar-refractivity contribution < 1.29 is 43.2 Å². The van der Waals surface area contributed by atoms with E-state index in [4.69, 9.17) is 18.9 Å². The molecule has 10 nitrogen and oxygen atoms in total. The molecule has 5 atom stereocenters. The van der Waals surface area contributed by atoms with Gasteiger partial charge in [-0.3, -0.25) is 19.2 Å². The van der Waals surface area contributed by atoms with Gasteiger partial charge in [-0.2, -0.15) is 0 Å². The van der Waals surface area contributed by atoms with Gasteiger partial charge in [0.05, 0.1) is 6.61 Å². The minimum absolute atomic E-state index is 0.101. The molecular formula is C20H33NO9. The fourth-order valence-corrected chi connectivity index (χ4v) is 3.04. The zero-order valence-electron chi connectivity index (χ0n) is 18.0. The standard InChI is InChI=1S/C20H33NO9/c1-5-8-14(24)28-18-13(11-22)27-20(30-16(26)10-7-3)17(21-12(4)23)19(18)29-15(25)9-6-2/h13,17-20,22H,5-11H2,1-4H3,(H,21,23)/t13?,17?,18-,19+,20-/m0/s1. The number of hydrogen-bond acceptors (Lipinski definition) is 9. The van der Waals surface area contributed by atoms with E-state index in [9.17, 15) is 24.3 Å². The summed E-state index contributed by atoms with van der Waals surface area (Å²) < 4.78 is 22.0. The van der Waals surface area contributed by atoms with Crippen LogP contribution in [0.1, 0.15) is 66.2 Å². The average Bonchev–Trinajstić information content (AvgIpc) is 2.66. The van der Waals surface area contributed by atoms with Crippen molar-refractivity contribution in [1.82, 2.24) is 5.32 Å². The monoisotopic (exact) mass is 431 g/mol. The number of amides is 1. The highest BCUT2D eigenvalue weighted by Gasteiger charge is 2.52. The van der Waals surface area contributed by atoms with Crippen LogP contribution in [0.3, 0.4) is 0 Å². The number of carbonyl (C=O) groups is 4. The second-order valence-corrected chi connectivity index (χ2v) is 7.10. The zero-order chi connectivity index (χ0) is 22.7. The number of esters is 3. The average molecular weight is 431 g/mol. The highest BCUT2D eigenvalue weighted by molar-refractivity contribution is 5.74. The fraction of sp³-hybridized carbons (Fsp3) is 0.800. The maximum Gasteiger partial charge on any atom is 0.308 e. The van der Waals surface area contributed by atoms with Gasteiger partial charge >= 0.3 is 17.9 Å². The summed E-state index contributed by atoms with van der Waals surface area (Å²) in [5, 5.41) is 12.4. The van der Waals surface area contributed by atoms with Gasteiger partial charge in [0, 0.05) is 26.2 Å². The van der Waals surface area contributed by atoms with Crippen LogP contribution in [-0.2, 0) is 38.1 Å². The smallest absolute Gasteiger partial charge is 0.308 e. The third-order valence-electron chi connectivity index (χ3n) is 4.34. The van der Waals surface area contributed by atoms with E-state index < -0.39 is 61.1 Å². The van der Waals surface area contributed by atoms with E-state index in [0.717, 1.165) is 0 Å². The Morgan fingerprint density at radius 3 is 1.73 bits per heavy atom. The van der Waals surface area contributed by atoms with Gasteiger partial charge in [0.25, 0.3) is 0 Å². The van der Waals surface area contributed by atoms with Crippen LogP contribution in [0, 0.1) is 0 Å². The van der Waals surface area contributed by atoms with Crippen molar-refractivity contribution in [3.05, 3.63) is 0 Å². The van der Waals surface area contributed by atoms with Gasteiger partial charge in [-0.05, 0) is 19.3 Å². The van der Waals surface area contributed by atoms with Crippen LogP contribution in [0.15, 0.2) is 0 Å². The molecule has 172 valence electrons. The molecule has 0 aromatic carbocycles. The molecule has 0 aliphatic carbocycles. The molecule has 0 saturated carbocycles. The summed E-state index contributed by atoms with van der Waals surface area (Å²) in [4.78, 5) is 48.2. The second-order valence-electron chi connectivity index (χ2n) is 7.10. The summed E-state index contributed by atoms with van der Waals surface area (Å²) in [6, 6.07) is -1.12. The van der Waals surface area contributed by atoms with Crippen molar-refractivity contribution in [2.75, 3.05) is 6.61 Å². The van der Waals surface area contributed by atoms with E-state index in [1.807, 2.05) is 0 Å². The van der Waals surface area contributed by atoms with E-state index >= 15 is 0 Å². The number of ether oxygens (including phenoxy) is 4. The Hall–Kier alpha value is -2.20. The molecule has 2 unspecified atom stereocenters. The summed E-state index contributed by atoms with van der Waals surface area (Å²) in [5.41, 5.74) is 0. The van der Waals surface area contributed by atoms with Crippen molar-refractivity contribution in [2.45, 2.75) is 96.9 Å². The van der Waals surface area contributed by atoms with Crippen LogP contribution in [0.4, 0.5) is 0 Å². The molecule has 1 amide bonds. The molecule has 1 aliphatic heterocycles. The molecule has 1 aliphatic rings. The lowest BCUT2D eigenvalue weighted by molar-refractivity contribution is -0.271. The topological polar surface area (TPSA) is 137 Å². The van der Waals surface area contributed by atoms with Gasteiger partial charge in [-0.25, -0.2) is 0 Å². The molecule has 1 rings (SSSR count). The third-order valence-corrected chi connectivity index (χ3v) is 4.34. The Bertz CT molecular complexity index is 595. The van der Waals surface area contributed by atoms with Crippen LogP contribution >= 0.6 is 0 Å². The predicted molar refractivity (Wildman–Crippen MR) is 104 cm³/mol. The van der Waals surface area contributed by atoms with Crippen LogP contribution in [0.5, 0.6) is 0 Å². The highest BCUT2D eigenvalue weighted by atomic mass is 16.7. The lowest BCUT2D eigenvalue weighted by Crippen LogP contribution is -2.66. The van der Waals surface area contributed by atoms with Gasteiger partial charge in [-0.1, -0.05) is 20.8 Å². The fourth-order valence-electron chi connectivity index (χ4n) is 3.04. The SMILES string of the molecule is CCCC(=O)O[C@@H]1OC(CO)[C@H](OC(=O)CCC)[C@H](OC(=O)CCC)C1NC(C)=O. The Morgan fingerprint density at radius 2 is 1.30 bits per heavy atom. The Balaban J connectivity index is 3.26. The van der Waals surface area contributed by atoms with E-state index in [1.54, 1.807) is 20.8 Å². The maximum atomic E-state index is 12.2. The number of aliphatic hydroxyl groups is 1. The normalized spacial score (nSPS) is 25.8. The van der Waals surface area contributed by atoms with Gasteiger partial charge in [0.1, 0.15) is 12.1 Å². The highest BCUT2D eigenvalue weighted by Crippen LogP contribution is 2.28. The maximum absolute atomic E-state index is 12.2. The first-order valence-corrected chi connectivity index (χ1v) is 10.4. The molecule has 1 saturated heterocycles. The molecule has 0 bridgehead atoms. The van der Waals surface area contributed by atoms with E-state index in [0.29, 0.717) is 19.3 Å². The molecule has 0 spiro atoms. The van der Waals surface area contributed by atoms with Gasteiger partial charge in [-0.15, -0.1) is 0 Å². The van der Waals surface area contributed by atoms with Gasteiger partial charge < -0.3 is 29.4 Å². The first-order chi connectivity index (χ1) is 14.3. The lowest BCUT2D eigenvalue weighted by Gasteiger charge is -2.44. The van der Waals surface area contributed by atoms with Crippen molar-refractivity contribution in [3.8, 4) is 0 Å². The summed E-state index contributed by atoms with van der Waals surface area (Å²) in [6.45, 7) is 6.04. The summed E-state index contributed by atoms with van der Waals surface area (Å²) >= 11 is 0. The van der Waals surface area contributed by atoms with E-state index in [2.05, 4.69) is 5.32 Å². The first-order valence-electron chi connectivity index (χ1n) is 10.4. The molecule has 2 N–H and O–H groups in total. The Morgan fingerprint density at radius 1 is 0.833 bits per heavy atom. The number of carbonyl (C=O) groups excluding carboxylic acids is 4. The van der Waals surface area contributed by atoms with Crippen LogP contribution in [0.2, 0.25) is 0 Å².